The fourth-order valence-corrected chi connectivity index (χ4v) is 6.64. The number of nitrogens with one attached hydrogen (secondary N) is 1. The standard InChI is InChI=1S/C28H28FN3O2/c1-32-25(18-6-7-18)31-28(26(32)33)23-14-22(19-5-3-4-17(12-19)16-30)24(29)13-20(23)15-27(28)10-8-21(34-2)9-11-27/h3-5,12-14,21,31H,6-11,15H2,1-2H3. The Morgan fingerprint density at radius 3 is 2.65 bits per heavy atom. The summed E-state index contributed by atoms with van der Waals surface area (Å²) in [6, 6.07) is 12.6. The van der Waals surface area contributed by atoms with Gasteiger partial charge in [-0.1, -0.05) is 12.1 Å². The van der Waals surface area contributed by atoms with Gasteiger partial charge >= 0.3 is 0 Å². The van der Waals surface area contributed by atoms with Crippen molar-refractivity contribution in [1.82, 2.24) is 10.2 Å². The van der Waals surface area contributed by atoms with Crippen molar-refractivity contribution in [2.24, 2.45) is 5.41 Å². The van der Waals surface area contributed by atoms with Crippen LogP contribution in [-0.4, -0.2) is 31.1 Å². The molecule has 5 nitrogen and oxygen atoms in total. The number of halogens is 1. The number of methoxy groups -OCH3 is 1. The highest BCUT2D eigenvalue weighted by Crippen LogP contribution is 2.61. The van der Waals surface area contributed by atoms with Crippen molar-refractivity contribution < 1.29 is 13.9 Å². The van der Waals surface area contributed by atoms with Gasteiger partial charge in [-0.2, -0.15) is 5.26 Å². The van der Waals surface area contributed by atoms with Crippen molar-refractivity contribution in [1.29, 1.82) is 5.26 Å². The van der Waals surface area contributed by atoms with Crippen molar-refractivity contribution >= 4 is 5.91 Å². The van der Waals surface area contributed by atoms with E-state index in [2.05, 4.69) is 11.4 Å². The Morgan fingerprint density at radius 1 is 1.21 bits per heavy atom. The highest BCUT2D eigenvalue weighted by molar-refractivity contribution is 5.95. The van der Waals surface area contributed by atoms with Crippen LogP contribution in [0.4, 0.5) is 4.39 Å². The van der Waals surface area contributed by atoms with Crippen LogP contribution in [0.3, 0.4) is 0 Å². The number of hydrogen-bond acceptors (Lipinski definition) is 4. The van der Waals surface area contributed by atoms with E-state index in [0.29, 0.717) is 23.1 Å². The number of fused-ring (bicyclic) bond motifs is 3. The minimum atomic E-state index is -0.907. The average molecular weight is 458 g/mol. The van der Waals surface area contributed by atoms with E-state index < -0.39 is 5.54 Å². The highest BCUT2D eigenvalue weighted by atomic mass is 19.1. The van der Waals surface area contributed by atoms with E-state index >= 15 is 4.39 Å². The lowest BCUT2D eigenvalue weighted by Crippen LogP contribution is -2.56. The van der Waals surface area contributed by atoms with Gasteiger partial charge in [-0.15, -0.1) is 0 Å². The monoisotopic (exact) mass is 457 g/mol. The molecule has 2 saturated carbocycles. The van der Waals surface area contributed by atoms with Gasteiger partial charge in [-0.05, 0) is 91.5 Å². The summed E-state index contributed by atoms with van der Waals surface area (Å²) in [6.45, 7) is 0. The summed E-state index contributed by atoms with van der Waals surface area (Å²) >= 11 is 0. The number of carbonyl (C=O) groups excluding carboxylic acids is 1. The maximum absolute atomic E-state index is 15.5. The molecular weight excluding hydrogens is 429 g/mol. The van der Waals surface area contributed by atoms with Crippen LogP contribution in [0.1, 0.15) is 55.2 Å². The number of nitriles is 1. The van der Waals surface area contributed by atoms with Crippen LogP contribution in [0.5, 0.6) is 0 Å². The molecule has 4 aliphatic rings. The van der Waals surface area contributed by atoms with Gasteiger partial charge in [-0.25, -0.2) is 4.39 Å². The van der Waals surface area contributed by atoms with Crippen LogP contribution in [0.25, 0.3) is 11.1 Å². The molecule has 1 unspecified atom stereocenters. The Morgan fingerprint density at radius 2 is 1.97 bits per heavy atom. The first-order valence-corrected chi connectivity index (χ1v) is 12.1. The maximum Gasteiger partial charge on any atom is 0.258 e. The molecule has 3 fully saturated rings. The summed E-state index contributed by atoms with van der Waals surface area (Å²) in [7, 11) is 3.61. The van der Waals surface area contributed by atoms with E-state index in [1.165, 1.54) is 5.57 Å². The summed E-state index contributed by atoms with van der Waals surface area (Å²) in [4.78, 5) is 15.9. The minimum absolute atomic E-state index is 0.0554. The van der Waals surface area contributed by atoms with Gasteiger partial charge in [-0.3, -0.25) is 9.69 Å². The number of likely N-dealkylation sites (N-methyl/N-ethyl adjacent to an activating group) is 1. The number of carbonyl (C=O) groups is 1. The summed E-state index contributed by atoms with van der Waals surface area (Å²) < 4.78 is 21.1. The number of benzene rings is 2. The Hall–Kier alpha value is -3.17. The Balaban J connectivity index is 1.55. The molecule has 2 aromatic carbocycles. The van der Waals surface area contributed by atoms with E-state index in [9.17, 15) is 10.1 Å². The van der Waals surface area contributed by atoms with Crippen molar-refractivity contribution in [3.8, 4) is 17.2 Å². The Bertz CT molecular complexity index is 1280. The molecule has 0 radical (unpaired) electrons. The van der Waals surface area contributed by atoms with E-state index in [1.807, 2.05) is 19.2 Å². The van der Waals surface area contributed by atoms with Gasteiger partial charge in [0.15, 0.2) is 5.54 Å². The van der Waals surface area contributed by atoms with Crippen LogP contribution in [0.2, 0.25) is 0 Å². The molecule has 3 aliphatic carbocycles. The van der Waals surface area contributed by atoms with Crippen LogP contribution in [0, 0.1) is 22.6 Å². The predicted molar refractivity (Wildman–Crippen MR) is 126 cm³/mol. The fraction of sp³-hybridized carbons (Fsp3) is 0.429. The molecule has 1 N–H and O–H groups in total. The quantitative estimate of drug-likeness (QED) is 0.706. The third-order valence-electron chi connectivity index (χ3n) is 8.55. The van der Waals surface area contributed by atoms with E-state index in [4.69, 9.17) is 4.74 Å². The molecule has 2 aromatic rings. The van der Waals surface area contributed by atoms with E-state index in [-0.39, 0.29) is 23.2 Å². The number of nitrogens with zero attached hydrogens (tertiary/aromatic N) is 2. The predicted octanol–water partition coefficient (Wildman–Crippen LogP) is 4.76. The zero-order valence-corrected chi connectivity index (χ0v) is 19.6. The fourth-order valence-electron chi connectivity index (χ4n) is 6.64. The number of hydrogen-bond donors (Lipinski definition) is 1. The first kappa shape index (κ1) is 21.4. The highest BCUT2D eigenvalue weighted by Gasteiger charge is 2.67. The Kier molecular flexibility index (Phi) is 4.66. The zero-order chi connectivity index (χ0) is 23.7. The average Bonchev–Trinajstić information content (AvgIpc) is 3.62. The number of ether oxygens (including phenoxy) is 1. The van der Waals surface area contributed by atoms with Crippen molar-refractivity contribution in [2.45, 2.75) is 56.6 Å². The van der Waals surface area contributed by atoms with E-state index in [1.54, 1.807) is 36.3 Å². The summed E-state index contributed by atoms with van der Waals surface area (Å²) in [5, 5.41) is 13.1. The molecule has 34 heavy (non-hydrogen) atoms. The normalized spacial score (nSPS) is 29.5. The third kappa shape index (κ3) is 2.83. The second-order valence-electron chi connectivity index (χ2n) is 10.3. The lowest BCUT2D eigenvalue weighted by Gasteiger charge is -2.46. The summed E-state index contributed by atoms with van der Waals surface area (Å²) in [5.41, 5.74) is 3.41. The third-order valence-corrected chi connectivity index (χ3v) is 8.55. The summed E-state index contributed by atoms with van der Waals surface area (Å²) in [6.07, 6.45) is 6.35. The molecular formula is C28H28FN3O2. The number of amides is 1. The van der Waals surface area contributed by atoms with Crippen molar-refractivity contribution in [3.05, 3.63) is 70.3 Å². The van der Waals surface area contributed by atoms with Crippen molar-refractivity contribution in [3.63, 3.8) is 0 Å². The maximum atomic E-state index is 15.5. The molecule has 0 aromatic heterocycles. The second kappa shape index (κ2) is 7.41. The number of rotatable bonds is 2. The van der Waals surface area contributed by atoms with Gasteiger partial charge in [0, 0.05) is 25.1 Å². The molecule has 1 atom stereocenters. The second-order valence-corrected chi connectivity index (χ2v) is 10.3. The summed E-state index contributed by atoms with van der Waals surface area (Å²) in [5.74, 6) is 0.675. The van der Waals surface area contributed by atoms with Crippen LogP contribution in [-0.2, 0) is 21.5 Å². The van der Waals surface area contributed by atoms with Crippen LogP contribution in [0.15, 0.2) is 47.8 Å². The molecule has 0 bridgehead atoms. The van der Waals surface area contributed by atoms with Crippen LogP contribution < -0.4 is 5.32 Å². The van der Waals surface area contributed by atoms with Gasteiger partial charge < -0.3 is 10.1 Å². The molecule has 1 heterocycles. The van der Waals surface area contributed by atoms with Gasteiger partial charge in [0.05, 0.1) is 17.7 Å². The van der Waals surface area contributed by atoms with E-state index in [0.717, 1.165) is 55.5 Å². The number of allylic oxidation sites excluding steroid dienone is 1. The Labute approximate surface area is 199 Å². The smallest absolute Gasteiger partial charge is 0.258 e. The molecule has 2 spiro atoms. The molecule has 1 saturated heterocycles. The molecule has 1 aliphatic heterocycles. The van der Waals surface area contributed by atoms with Gasteiger partial charge in [0.2, 0.25) is 0 Å². The van der Waals surface area contributed by atoms with Crippen molar-refractivity contribution in [2.75, 3.05) is 14.2 Å². The lowest BCUT2D eigenvalue weighted by atomic mass is 9.61. The van der Waals surface area contributed by atoms with Gasteiger partial charge in [0.25, 0.3) is 5.91 Å². The topological polar surface area (TPSA) is 65.4 Å². The first-order valence-electron chi connectivity index (χ1n) is 12.1. The minimum Gasteiger partial charge on any atom is -0.381 e. The first-order chi connectivity index (χ1) is 16.4. The molecule has 1 amide bonds. The molecule has 6 rings (SSSR count). The lowest BCUT2D eigenvalue weighted by molar-refractivity contribution is -0.138. The SMILES string of the molecule is COC1CCC2(CC1)Cc1cc(F)c(-c3cccc(C#N)c3)cc1C21NC(=C2CC2)N(C)C1=O. The van der Waals surface area contributed by atoms with Crippen LogP contribution >= 0.6 is 0 Å². The largest absolute Gasteiger partial charge is 0.381 e. The molecule has 6 heteroatoms. The van der Waals surface area contributed by atoms with Gasteiger partial charge in [0.1, 0.15) is 11.6 Å². The zero-order valence-electron chi connectivity index (χ0n) is 19.6. The molecule has 174 valence electrons.